The van der Waals surface area contributed by atoms with Crippen LogP contribution in [0, 0.1) is 0 Å². The summed E-state index contributed by atoms with van der Waals surface area (Å²) < 4.78 is 5.37. The number of benzene rings is 3. The lowest BCUT2D eigenvalue weighted by Crippen LogP contribution is -1.98. The number of carbonyl (C=O) groups excluding carboxylic acids is 1. The molecule has 0 radical (unpaired) electrons. The van der Waals surface area contributed by atoms with Crippen LogP contribution in [0.5, 0.6) is 5.75 Å². The van der Waals surface area contributed by atoms with E-state index in [0.29, 0.717) is 0 Å². The van der Waals surface area contributed by atoms with Gasteiger partial charge in [0, 0.05) is 16.7 Å². The van der Waals surface area contributed by atoms with Crippen LogP contribution in [0.3, 0.4) is 0 Å². The Bertz CT molecular complexity index is 938. The third-order valence-electron chi connectivity index (χ3n) is 4.34. The number of allylic oxidation sites excluding steroid dienone is 1. The summed E-state index contributed by atoms with van der Waals surface area (Å²) in [5.41, 5.74) is 5.37. The molecule has 0 saturated heterocycles. The fraction of sp³-hybridized carbons (Fsp3) is 0.0455. The number of hydrogen-bond donors (Lipinski definition) is 0. The Morgan fingerprint density at radius 3 is 1.83 bits per heavy atom. The molecule has 4 rings (SSSR count). The molecule has 0 amide bonds. The minimum atomic E-state index is 0.0673. The zero-order chi connectivity index (χ0) is 16.5. The zero-order valence-corrected chi connectivity index (χ0v) is 13.3. The highest BCUT2D eigenvalue weighted by Crippen LogP contribution is 2.43. The monoisotopic (exact) mass is 312 g/mol. The summed E-state index contributed by atoms with van der Waals surface area (Å²) in [4.78, 5) is 13.1. The normalized spacial score (nSPS) is 13.1. The Morgan fingerprint density at radius 2 is 1.25 bits per heavy atom. The Labute approximate surface area is 141 Å². The molecule has 1 aliphatic rings. The summed E-state index contributed by atoms with van der Waals surface area (Å²) in [6.45, 7) is 0. The van der Waals surface area contributed by atoms with Crippen LogP contribution in [-0.2, 0) is 0 Å². The van der Waals surface area contributed by atoms with Gasteiger partial charge in [0.1, 0.15) is 5.75 Å². The van der Waals surface area contributed by atoms with Crippen molar-refractivity contribution in [3.05, 3.63) is 101 Å². The van der Waals surface area contributed by atoms with Gasteiger partial charge in [0.15, 0.2) is 5.78 Å². The van der Waals surface area contributed by atoms with Crippen LogP contribution in [0.4, 0.5) is 0 Å². The Hall–Kier alpha value is -3.13. The second-order valence-electron chi connectivity index (χ2n) is 5.72. The van der Waals surface area contributed by atoms with Gasteiger partial charge >= 0.3 is 0 Å². The first-order chi connectivity index (χ1) is 11.8. The smallest absolute Gasteiger partial charge is 0.194 e. The molecule has 24 heavy (non-hydrogen) atoms. The summed E-state index contributed by atoms with van der Waals surface area (Å²) in [5.74, 6) is 0.821. The third kappa shape index (κ3) is 2.24. The Balaban J connectivity index is 2.03. The second-order valence-corrected chi connectivity index (χ2v) is 5.72. The first-order valence-corrected chi connectivity index (χ1v) is 7.88. The highest BCUT2D eigenvalue weighted by atomic mass is 16.5. The second kappa shape index (κ2) is 5.82. The average Bonchev–Trinajstić information content (AvgIpc) is 2.95. The van der Waals surface area contributed by atoms with Crippen molar-refractivity contribution in [1.29, 1.82) is 0 Å². The average molecular weight is 312 g/mol. The molecule has 0 bridgehead atoms. The molecule has 0 heterocycles. The quantitative estimate of drug-likeness (QED) is 0.691. The molecule has 0 aromatic heterocycles. The molecule has 0 fully saturated rings. The van der Waals surface area contributed by atoms with Crippen LogP contribution in [0.25, 0.3) is 11.1 Å². The van der Waals surface area contributed by atoms with Crippen LogP contribution in [-0.4, -0.2) is 12.9 Å². The van der Waals surface area contributed by atoms with Gasteiger partial charge in [0.2, 0.25) is 0 Å². The molecule has 2 nitrogen and oxygen atoms in total. The summed E-state index contributed by atoms with van der Waals surface area (Å²) >= 11 is 0. The third-order valence-corrected chi connectivity index (χ3v) is 4.34. The first-order valence-electron chi connectivity index (χ1n) is 7.88. The van der Waals surface area contributed by atoms with Crippen LogP contribution in [0.2, 0.25) is 0 Å². The molecule has 116 valence electrons. The largest absolute Gasteiger partial charge is 0.497 e. The van der Waals surface area contributed by atoms with Gasteiger partial charge in [0.05, 0.1) is 7.11 Å². The maximum Gasteiger partial charge on any atom is 0.194 e. The minimum absolute atomic E-state index is 0.0673. The summed E-state index contributed by atoms with van der Waals surface area (Å²) in [5, 5.41) is 0. The predicted octanol–water partition coefficient (Wildman–Crippen LogP) is 4.85. The maximum atomic E-state index is 13.1. The van der Waals surface area contributed by atoms with E-state index in [1.165, 1.54) is 0 Å². The number of rotatable bonds is 3. The number of hydrogen-bond acceptors (Lipinski definition) is 2. The van der Waals surface area contributed by atoms with Crippen LogP contribution < -0.4 is 4.74 Å². The number of methoxy groups -OCH3 is 1. The Morgan fingerprint density at radius 1 is 0.667 bits per heavy atom. The molecule has 0 atom stereocenters. The fourth-order valence-corrected chi connectivity index (χ4v) is 3.22. The van der Waals surface area contributed by atoms with Gasteiger partial charge in [-0.15, -0.1) is 0 Å². The first kappa shape index (κ1) is 14.5. The topological polar surface area (TPSA) is 26.3 Å². The van der Waals surface area contributed by atoms with Gasteiger partial charge in [-0.3, -0.25) is 4.79 Å². The molecular formula is C22H16O2. The van der Waals surface area contributed by atoms with E-state index in [1.807, 2.05) is 78.9 Å². The van der Waals surface area contributed by atoms with E-state index in [2.05, 4.69) is 0 Å². The van der Waals surface area contributed by atoms with Crippen molar-refractivity contribution >= 4 is 16.9 Å². The molecule has 1 aliphatic carbocycles. The van der Waals surface area contributed by atoms with E-state index < -0.39 is 0 Å². The molecule has 0 spiro atoms. The zero-order valence-electron chi connectivity index (χ0n) is 13.3. The highest BCUT2D eigenvalue weighted by Gasteiger charge is 2.31. The van der Waals surface area contributed by atoms with Gasteiger partial charge < -0.3 is 4.74 Å². The number of fused-ring (bicyclic) bond motifs is 1. The molecule has 0 aliphatic heterocycles. The molecule has 3 aromatic rings. The lowest BCUT2D eigenvalue weighted by Gasteiger charge is -2.09. The number of ketones is 1. The fourth-order valence-electron chi connectivity index (χ4n) is 3.22. The van der Waals surface area contributed by atoms with E-state index in [-0.39, 0.29) is 5.78 Å². The van der Waals surface area contributed by atoms with Gasteiger partial charge in [-0.05, 0) is 34.9 Å². The van der Waals surface area contributed by atoms with Gasteiger partial charge in [-0.2, -0.15) is 0 Å². The van der Waals surface area contributed by atoms with E-state index in [1.54, 1.807) is 7.11 Å². The molecule has 2 heteroatoms. The van der Waals surface area contributed by atoms with E-state index in [9.17, 15) is 4.79 Å². The predicted molar refractivity (Wildman–Crippen MR) is 96.1 cm³/mol. The molecule has 0 N–H and O–H groups in total. The Kier molecular flexibility index (Phi) is 3.51. The number of ether oxygens (including phenoxy) is 1. The van der Waals surface area contributed by atoms with Crippen LogP contribution in [0.1, 0.15) is 27.0 Å². The van der Waals surface area contributed by atoms with Crippen molar-refractivity contribution in [1.82, 2.24) is 0 Å². The van der Waals surface area contributed by atoms with Gasteiger partial charge in [-0.1, -0.05) is 60.7 Å². The van der Waals surface area contributed by atoms with Crippen molar-refractivity contribution in [2.24, 2.45) is 0 Å². The lowest BCUT2D eigenvalue weighted by atomic mass is 9.94. The summed E-state index contributed by atoms with van der Waals surface area (Å²) in [6.07, 6.45) is 0. The standard InChI is InChI=1S/C22H16O2/c1-24-17-12-13-18-19(14-17)20(15-8-4-2-5-9-15)21(22(18)23)16-10-6-3-7-11-16/h2-14H,1H3. The van der Waals surface area contributed by atoms with Crippen molar-refractivity contribution in [3.8, 4) is 5.75 Å². The van der Waals surface area contributed by atoms with Crippen molar-refractivity contribution in [2.45, 2.75) is 0 Å². The van der Waals surface area contributed by atoms with Crippen molar-refractivity contribution in [2.75, 3.05) is 7.11 Å². The van der Waals surface area contributed by atoms with Crippen molar-refractivity contribution < 1.29 is 9.53 Å². The van der Waals surface area contributed by atoms with Gasteiger partial charge in [-0.25, -0.2) is 0 Å². The summed E-state index contributed by atoms with van der Waals surface area (Å²) in [6, 6.07) is 25.6. The highest BCUT2D eigenvalue weighted by molar-refractivity contribution is 6.41. The van der Waals surface area contributed by atoms with Crippen LogP contribution in [0.15, 0.2) is 78.9 Å². The van der Waals surface area contributed by atoms with E-state index in [0.717, 1.165) is 39.1 Å². The molecule has 0 unspecified atom stereocenters. The number of Topliss-reactive ketones (excluding diaryl/α,β-unsaturated/α-hetero) is 1. The SMILES string of the molecule is COc1ccc2c(c1)C(c1ccccc1)=C(c1ccccc1)C2=O. The van der Waals surface area contributed by atoms with E-state index >= 15 is 0 Å². The number of carbonyl (C=O) groups is 1. The summed E-state index contributed by atoms with van der Waals surface area (Å²) in [7, 11) is 1.64. The van der Waals surface area contributed by atoms with Crippen molar-refractivity contribution in [3.63, 3.8) is 0 Å². The molecule has 0 saturated carbocycles. The van der Waals surface area contributed by atoms with Crippen LogP contribution >= 0.6 is 0 Å². The van der Waals surface area contributed by atoms with E-state index in [4.69, 9.17) is 4.74 Å². The molecule has 3 aromatic carbocycles. The molecular weight excluding hydrogens is 296 g/mol. The van der Waals surface area contributed by atoms with Gasteiger partial charge in [0.25, 0.3) is 0 Å². The minimum Gasteiger partial charge on any atom is -0.497 e. The lowest BCUT2D eigenvalue weighted by molar-refractivity contribution is 0.105. The maximum absolute atomic E-state index is 13.1.